The molecule has 216 valence electrons. The van der Waals surface area contributed by atoms with E-state index in [9.17, 15) is 22.8 Å². The lowest BCUT2D eigenvalue weighted by molar-refractivity contribution is -0.134. The van der Waals surface area contributed by atoms with Crippen LogP contribution in [0.5, 0.6) is 0 Å². The number of hydrogen-bond donors (Lipinski definition) is 3. The number of nitrogens with two attached hydrogens (primary N) is 1. The molecule has 4 N–H and O–H groups in total. The molecular formula is C26H30Br2ClN5O5S. The third-order valence-electron chi connectivity index (χ3n) is 7.12. The Balaban J connectivity index is 1.45. The van der Waals surface area contributed by atoms with Crippen molar-refractivity contribution in [2.24, 2.45) is 0 Å². The highest BCUT2D eigenvalue weighted by Gasteiger charge is 2.35. The van der Waals surface area contributed by atoms with E-state index in [1.165, 1.54) is 12.1 Å². The summed E-state index contributed by atoms with van der Waals surface area (Å²) in [5.74, 6) is -1.47. The molecule has 2 aromatic rings. The number of likely N-dealkylation sites (tertiary alicyclic amines) is 1. The Labute approximate surface area is 255 Å². The number of fused-ring (bicyclic) bond motifs is 1. The van der Waals surface area contributed by atoms with Gasteiger partial charge in [-0.2, -0.15) is 0 Å². The van der Waals surface area contributed by atoms with Crippen LogP contribution in [0.2, 0.25) is 0 Å². The smallest absolute Gasteiger partial charge is 0.322 e. The predicted octanol–water partition coefficient (Wildman–Crippen LogP) is 3.97. The molecule has 0 aromatic heterocycles. The Bertz CT molecular complexity index is 1380. The van der Waals surface area contributed by atoms with Crippen molar-refractivity contribution in [1.29, 1.82) is 0 Å². The number of carbonyl (C=O) groups excluding carboxylic acids is 3. The van der Waals surface area contributed by atoms with E-state index in [1.54, 1.807) is 4.90 Å². The minimum absolute atomic E-state index is 0.0733. The first-order valence-electron chi connectivity index (χ1n) is 12.8. The zero-order valence-corrected chi connectivity index (χ0v) is 26.3. The summed E-state index contributed by atoms with van der Waals surface area (Å²) in [4.78, 5) is 43.0. The van der Waals surface area contributed by atoms with Crippen LogP contribution in [0, 0.1) is 0 Å². The Morgan fingerprint density at radius 3 is 2.42 bits per heavy atom. The molecule has 1 atom stereocenters. The number of amides is 3. The molecule has 0 aliphatic carbocycles. The molecule has 2 aromatic carbocycles. The summed E-state index contributed by atoms with van der Waals surface area (Å²) in [6.07, 6.45) is 1.40. The molecule has 0 bridgehead atoms. The van der Waals surface area contributed by atoms with Crippen LogP contribution in [-0.4, -0.2) is 79.3 Å². The molecule has 2 heterocycles. The molecule has 1 saturated heterocycles. The normalized spacial score (nSPS) is 17.1. The van der Waals surface area contributed by atoms with E-state index in [4.69, 9.17) is 17.3 Å². The van der Waals surface area contributed by atoms with Crippen molar-refractivity contribution in [3.8, 4) is 0 Å². The van der Waals surface area contributed by atoms with Gasteiger partial charge >= 0.3 is 6.03 Å². The summed E-state index contributed by atoms with van der Waals surface area (Å²) >= 11 is 12.3. The zero-order chi connectivity index (χ0) is 29.0. The summed E-state index contributed by atoms with van der Waals surface area (Å²) in [6, 6.07) is 9.22. The molecule has 10 nitrogen and oxygen atoms in total. The van der Waals surface area contributed by atoms with Crippen LogP contribution in [-0.2, 0) is 21.2 Å². The van der Waals surface area contributed by atoms with Crippen LogP contribution in [0.1, 0.15) is 35.2 Å². The van der Waals surface area contributed by atoms with Gasteiger partial charge in [0.25, 0.3) is 0 Å². The first kappa shape index (κ1) is 30.8. The standard InChI is InChI=1S/C26H30Br2ClN5O5S/c27-19-13-17(14-20(28)24(19)30)23(35)15-22(32-40(38,39)12-8-29)25(36)33-9-6-18(7-10-33)34-11-5-16-3-1-2-4-21(16)31-26(34)37/h1-4,13-14,18,22,32H,5-12,15,30H2,(H,31,37)/t22-/m1/s1. The average Bonchev–Trinajstić information content (AvgIpc) is 3.08. The Morgan fingerprint density at radius 1 is 1.12 bits per heavy atom. The van der Waals surface area contributed by atoms with Gasteiger partial charge in [-0.15, -0.1) is 11.6 Å². The predicted molar refractivity (Wildman–Crippen MR) is 162 cm³/mol. The van der Waals surface area contributed by atoms with Gasteiger partial charge in [-0.25, -0.2) is 17.9 Å². The number of rotatable bonds is 9. The number of benzene rings is 2. The quantitative estimate of drug-likeness (QED) is 0.204. The van der Waals surface area contributed by atoms with Gasteiger partial charge in [-0.3, -0.25) is 9.59 Å². The second kappa shape index (κ2) is 13.2. The number of anilines is 2. The van der Waals surface area contributed by atoms with Crippen LogP contribution in [0.25, 0.3) is 0 Å². The van der Waals surface area contributed by atoms with Gasteiger partial charge < -0.3 is 20.9 Å². The molecule has 0 spiro atoms. The molecule has 2 aliphatic heterocycles. The van der Waals surface area contributed by atoms with E-state index in [0.717, 1.165) is 17.7 Å². The van der Waals surface area contributed by atoms with Gasteiger partial charge in [0.05, 0.1) is 11.4 Å². The van der Waals surface area contributed by atoms with Gasteiger partial charge in [-0.05, 0) is 74.9 Å². The lowest BCUT2D eigenvalue weighted by Crippen LogP contribution is -2.55. The molecule has 14 heteroatoms. The van der Waals surface area contributed by atoms with Gasteiger partial charge in [0.15, 0.2) is 5.78 Å². The van der Waals surface area contributed by atoms with E-state index >= 15 is 0 Å². The summed E-state index contributed by atoms with van der Waals surface area (Å²) in [5.41, 5.74) is 8.48. The van der Waals surface area contributed by atoms with Crippen LogP contribution in [0.3, 0.4) is 0 Å². The van der Waals surface area contributed by atoms with Crippen LogP contribution in [0.4, 0.5) is 16.2 Å². The van der Waals surface area contributed by atoms with Crippen molar-refractivity contribution >= 4 is 82.6 Å². The Kier molecular flexibility index (Phi) is 10.1. The van der Waals surface area contributed by atoms with Gasteiger partial charge in [0.2, 0.25) is 15.9 Å². The van der Waals surface area contributed by atoms with E-state index in [1.807, 2.05) is 29.2 Å². The monoisotopic (exact) mass is 717 g/mol. The van der Waals surface area contributed by atoms with E-state index < -0.39 is 27.8 Å². The lowest BCUT2D eigenvalue weighted by Gasteiger charge is -2.39. The number of nitrogen functional groups attached to an aromatic ring is 1. The maximum Gasteiger partial charge on any atom is 0.322 e. The van der Waals surface area contributed by atoms with Crippen molar-refractivity contribution in [1.82, 2.24) is 14.5 Å². The molecule has 0 unspecified atom stereocenters. The molecule has 3 amide bonds. The number of carbonyl (C=O) groups is 3. The second-order valence-corrected chi connectivity index (χ2v) is 13.7. The number of nitrogens with one attached hydrogen (secondary N) is 2. The minimum Gasteiger partial charge on any atom is -0.397 e. The SMILES string of the molecule is Nc1c(Br)cc(C(=O)C[C@@H](NS(=O)(=O)CCCl)C(=O)N2CCC(N3CCc4ccccc4NC3=O)CC2)cc1Br. The average molecular weight is 720 g/mol. The van der Waals surface area contributed by atoms with Crippen LogP contribution in [0.15, 0.2) is 45.3 Å². The largest absolute Gasteiger partial charge is 0.397 e. The fourth-order valence-electron chi connectivity index (χ4n) is 4.96. The molecule has 0 saturated carbocycles. The molecule has 2 aliphatic rings. The Hall–Kier alpha value is -2.19. The summed E-state index contributed by atoms with van der Waals surface area (Å²) in [6.45, 7) is 1.20. The maximum absolute atomic E-state index is 13.6. The number of halogens is 3. The van der Waals surface area contributed by atoms with Gasteiger partial charge in [0.1, 0.15) is 6.04 Å². The van der Waals surface area contributed by atoms with E-state index in [-0.39, 0.29) is 35.7 Å². The number of urea groups is 1. The number of sulfonamides is 1. The number of nitrogens with zero attached hydrogens (tertiary/aromatic N) is 2. The first-order valence-corrected chi connectivity index (χ1v) is 16.5. The van der Waals surface area contributed by atoms with Crippen molar-refractivity contribution < 1.29 is 22.8 Å². The van der Waals surface area contributed by atoms with Gasteiger partial charge in [-0.1, -0.05) is 18.2 Å². The van der Waals surface area contributed by atoms with Crippen LogP contribution >= 0.6 is 43.5 Å². The third kappa shape index (κ3) is 7.35. The molecule has 1 fully saturated rings. The summed E-state index contributed by atoms with van der Waals surface area (Å²) in [7, 11) is -3.91. The van der Waals surface area contributed by atoms with Crippen molar-refractivity contribution in [2.45, 2.75) is 37.8 Å². The summed E-state index contributed by atoms with van der Waals surface area (Å²) < 4.78 is 28.5. The van der Waals surface area contributed by atoms with E-state index in [2.05, 4.69) is 41.9 Å². The molecule has 4 rings (SSSR count). The number of Topliss-reactive ketones (excluding diaryl/α,β-unsaturated/α-hetero) is 1. The van der Waals surface area contributed by atoms with Gasteiger partial charge in [0, 0.05) is 58.2 Å². The molecule has 40 heavy (non-hydrogen) atoms. The molecular weight excluding hydrogens is 690 g/mol. The number of ketones is 1. The topological polar surface area (TPSA) is 142 Å². The number of hydrogen-bond acceptors (Lipinski definition) is 6. The molecule has 0 radical (unpaired) electrons. The van der Waals surface area contributed by atoms with Crippen LogP contribution < -0.4 is 15.8 Å². The minimum atomic E-state index is -3.91. The number of piperidine rings is 1. The van der Waals surface area contributed by atoms with E-state index in [0.29, 0.717) is 47.1 Å². The lowest BCUT2D eigenvalue weighted by atomic mass is 9.99. The maximum atomic E-state index is 13.6. The third-order valence-corrected chi connectivity index (χ3v) is 10.2. The fourth-order valence-corrected chi connectivity index (χ4v) is 7.70. The first-order chi connectivity index (χ1) is 19.0. The highest BCUT2D eigenvalue weighted by molar-refractivity contribution is 9.11. The fraction of sp³-hybridized carbons (Fsp3) is 0.423. The number of para-hydroxylation sites is 1. The van der Waals surface area contributed by atoms with Crippen molar-refractivity contribution in [2.75, 3.05) is 42.3 Å². The summed E-state index contributed by atoms with van der Waals surface area (Å²) in [5, 5.41) is 2.98. The highest BCUT2D eigenvalue weighted by Crippen LogP contribution is 2.30. The number of alkyl halides is 1. The zero-order valence-electron chi connectivity index (χ0n) is 21.5. The second-order valence-electron chi connectivity index (χ2n) is 9.75. The Morgan fingerprint density at radius 2 is 1.77 bits per heavy atom. The highest BCUT2D eigenvalue weighted by atomic mass is 79.9. The van der Waals surface area contributed by atoms with Crippen molar-refractivity contribution in [3.05, 3.63) is 56.5 Å². The van der Waals surface area contributed by atoms with Crippen molar-refractivity contribution in [3.63, 3.8) is 0 Å².